The van der Waals surface area contributed by atoms with Gasteiger partial charge in [0.1, 0.15) is 0 Å². The second-order valence-electron chi connectivity index (χ2n) is 4.09. The van der Waals surface area contributed by atoms with Crippen LogP contribution in [-0.4, -0.2) is 12.6 Å². The Morgan fingerprint density at radius 2 is 1.24 bits per heavy atom. The molecular weight excluding hydrogens is 227 g/mol. The fourth-order valence-electron chi connectivity index (χ4n) is 2.03. The SMILES string of the molecule is c1ccc(P2CNc3ccccc3NC2)cc1. The lowest BCUT2D eigenvalue weighted by Crippen LogP contribution is -2.11. The van der Waals surface area contributed by atoms with Gasteiger partial charge in [-0.25, -0.2) is 0 Å². The van der Waals surface area contributed by atoms with Crippen molar-refractivity contribution in [2.75, 3.05) is 23.2 Å². The van der Waals surface area contributed by atoms with Gasteiger partial charge in [-0.2, -0.15) is 0 Å². The first-order valence-corrected chi connectivity index (χ1v) is 7.51. The number of fused-ring (bicyclic) bond motifs is 1. The van der Waals surface area contributed by atoms with Crippen molar-refractivity contribution in [1.29, 1.82) is 0 Å². The monoisotopic (exact) mass is 242 g/mol. The molecule has 0 unspecified atom stereocenters. The van der Waals surface area contributed by atoms with Crippen LogP contribution in [0.1, 0.15) is 0 Å². The third kappa shape index (κ3) is 2.27. The molecular formula is C14H15N2P. The van der Waals surface area contributed by atoms with Crippen LogP contribution in [0.15, 0.2) is 54.6 Å². The van der Waals surface area contributed by atoms with E-state index in [9.17, 15) is 0 Å². The summed E-state index contributed by atoms with van der Waals surface area (Å²) in [5, 5.41) is 8.53. The summed E-state index contributed by atoms with van der Waals surface area (Å²) in [6.07, 6.45) is 2.09. The van der Waals surface area contributed by atoms with Gasteiger partial charge in [-0.05, 0) is 25.4 Å². The Kier molecular flexibility index (Phi) is 2.98. The summed E-state index contributed by atoms with van der Waals surface area (Å²) in [6, 6.07) is 19.2. The van der Waals surface area contributed by atoms with E-state index in [1.807, 2.05) is 0 Å². The first-order chi connectivity index (χ1) is 8.43. The number of para-hydroxylation sites is 2. The van der Waals surface area contributed by atoms with E-state index in [0.29, 0.717) is 0 Å². The lowest BCUT2D eigenvalue weighted by molar-refractivity contribution is 1.45. The summed E-state index contributed by atoms with van der Waals surface area (Å²) in [4.78, 5) is 0. The molecule has 3 heteroatoms. The normalized spacial score (nSPS) is 15.3. The largest absolute Gasteiger partial charge is 0.379 e. The molecule has 1 aliphatic rings. The van der Waals surface area contributed by atoms with Crippen molar-refractivity contribution in [3.05, 3.63) is 54.6 Å². The Labute approximate surface area is 103 Å². The van der Waals surface area contributed by atoms with E-state index in [4.69, 9.17) is 0 Å². The van der Waals surface area contributed by atoms with Crippen LogP contribution in [0.2, 0.25) is 0 Å². The molecule has 2 nitrogen and oxygen atoms in total. The minimum Gasteiger partial charge on any atom is -0.379 e. The minimum absolute atomic E-state index is 0.162. The van der Waals surface area contributed by atoms with Crippen molar-refractivity contribution < 1.29 is 0 Å². The molecule has 1 aliphatic heterocycles. The smallest absolute Gasteiger partial charge is 0.0578 e. The maximum Gasteiger partial charge on any atom is 0.0578 e. The van der Waals surface area contributed by atoms with Crippen molar-refractivity contribution >= 4 is 24.6 Å². The van der Waals surface area contributed by atoms with Gasteiger partial charge in [0.25, 0.3) is 0 Å². The molecule has 86 valence electrons. The highest BCUT2D eigenvalue weighted by molar-refractivity contribution is 7.65. The van der Waals surface area contributed by atoms with Crippen molar-refractivity contribution in [1.82, 2.24) is 0 Å². The van der Waals surface area contributed by atoms with Gasteiger partial charge in [0.2, 0.25) is 0 Å². The third-order valence-corrected chi connectivity index (χ3v) is 5.08. The Balaban J connectivity index is 1.82. The van der Waals surface area contributed by atoms with Gasteiger partial charge in [0, 0.05) is 12.6 Å². The zero-order valence-corrected chi connectivity index (χ0v) is 10.5. The average molecular weight is 242 g/mol. The van der Waals surface area contributed by atoms with Gasteiger partial charge < -0.3 is 10.6 Å². The van der Waals surface area contributed by atoms with Gasteiger partial charge in [0.05, 0.1) is 11.4 Å². The van der Waals surface area contributed by atoms with E-state index in [2.05, 4.69) is 65.2 Å². The molecule has 1 heterocycles. The summed E-state index contributed by atoms with van der Waals surface area (Å²) in [5.41, 5.74) is 2.43. The molecule has 0 fully saturated rings. The van der Waals surface area contributed by atoms with Crippen LogP contribution in [0.4, 0.5) is 11.4 Å². The maximum atomic E-state index is 3.54. The van der Waals surface area contributed by atoms with Crippen LogP contribution < -0.4 is 15.9 Å². The first-order valence-electron chi connectivity index (χ1n) is 5.80. The van der Waals surface area contributed by atoms with Gasteiger partial charge in [-0.15, -0.1) is 0 Å². The lowest BCUT2D eigenvalue weighted by Gasteiger charge is -2.15. The van der Waals surface area contributed by atoms with Gasteiger partial charge in [0.15, 0.2) is 0 Å². The predicted octanol–water partition coefficient (Wildman–Crippen LogP) is 3.25. The zero-order chi connectivity index (χ0) is 11.5. The summed E-state index contributed by atoms with van der Waals surface area (Å²) < 4.78 is 0. The highest BCUT2D eigenvalue weighted by Gasteiger charge is 2.15. The van der Waals surface area contributed by atoms with Crippen molar-refractivity contribution in [2.45, 2.75) is 0 Å². The summed E-state index contributed by atoms with van der Waals surface area (Å²) in [5.74, 6) is 0. The summed E-state index contributed by atoms with van der Waals surface area (Å²) in [7, 11) is -0.162. The van der Waals surface area contributed by atoms with Crippen LogP contribution in [-0.2, 0) is 0 Å². The van der Waals surface area contributed by atoms with Crippen molar-refractivity contribution in [2.24, 2.45) is 0 Å². The van der Waals surface area contributed by atoms with E-state index in [0.717, 1.165) is 12.6 Å². The van der Waals surface area contributed by atoms with E-state index < -0.39 is 0 Å². The maximum absolute atomic E-state index is 3.54. The topological polar surface area (TPSA) is 24.1 Å². The Bertz CT molecular complexity index is 472. The van der Waals surface area contributed by atoms with E-state index >= 15 is 0 Å². The summed E-state index contributed by atoms with van der Waals surface area (Å²) in [6.45, 7) is 0. The van der Waals surface area contributed by atoms with E-state index in [-0.39, 0.29) is 7.92 Å². The van der Waals surface area contributed by atoms with Crippen molar-refractivity contribution in [3.8, 4) is 0 Å². The average Bonchev–Trinajstić information content (AvgIpc) is 2.62. The number of nitrogens with one attached hydrogen (secondary N) is 2. The molecule has 0 radical (unpaired) electrons. The van der Waals surface area contributed by atoms with Crippen LogP contribution >= 0.6 is 7.92 Å². The molecule has 0 atom stereocenters. The standard InChI is InChI=1S/C14H15N2P/c1-2-6-12(7-3-1)17-10-15-13-8-4-5-9-14(13)16-11-17/h1-9,15-16H,10-11H2. The van der Waals surface area contributed by atoms with Gasteiger partial charge in [-0.1, -0.05) is 42.5 Å². The number of benzene rings is 2. The van der Waals surface area contributed by atoms with Crippen LogP contribution in [0, 0.1) is 0 Å². The fraction of sp³-hybridized carbons (Fsp3) is 0.143. The second-order valence-corrected chi connectivity index (χ2v) is 6.32. The number of rotatable bonds is 1. The number of anilines is 2. The number of hydrogen-bond donors (Lipinski definition) is 2. The molecule has 0 aliphatic carbocycles. The van der Waals surface area contributed by atoms with Crippen LogP contribution in [0.25, 0.3) is 0 Å². The fourth-order valence-corrected chi connectivity index (χ4v) is 3.82. The minimum atomic E-state index is -0.162. The second kappa shape index (κ2) is 4.77. The zero-order valence-electron chi connectivity index (χ0n) is 9.56. The van der Waals surface area contributed by atoms with Crippen LogP contribution in [0.5, 0.6) is 0 Å². The molecule has 2 N–H and O–H groups in total. The predicted molar refractivity (Wildman–Crippen MR) is 76.4 cm³/mol. The number of hydrogen-bond acceptors (Lipinski definition) is 2. The van der Waals surface area contributed by atoms with Crippen LogP contribution in [0.3, 0.4) is 0 Å². The lowest BCUT2D eigenvalue weighted by atomic mass is 10.3. The highest BCUT2D eigenvalue weighted by Crippen LogP contribution is 2.38. The van der Waals surface area contributed by atoms with Crippen molar-refractivity contribution in [3.63, 3.8) is 0 Å². The molecule has 0 bridgehead atoms. The summed E-state index contributed by atoms with van der Waals surface area (Å²) >= 11 is 0. The van der Waals surface area contributed by atoms with E-state index in [1.54, 1.807) is 0 Å². The Morgan fingerprint density at radius 1 is 0.706 bits per heavy atom. The first kappa shape index (κ1) is 10.6. The van der Waals surface area contributed by atoms with Gasteiger partial charge >= 0.3 is 0 Å². The quantitative estimate of drug-likeness (QED) is 0.750. The molecule has 0 aromatic heterocycles. The molecule has 2 aromatic rings. The molecule has 0 spiro atoms. The molecule has 2 aromatic carbocycles. The van der Waals surface area contributed by atoms with Gasteiger partial charge in [-0.3, -0.25) is 0 Å². The van der Waals surface area contributed by atoms with E-state index in [1.165, 1.54) is 16.7 Å². The molecule has 0 saturated carbocycles. The highest BCUT2D eigenvalue weighted by atomic mass is 31.1. The molecule has 0 amide bonds. The molecule has 3 rings (SSSR count). The molecule has 17 heavy (non-hydrogen) atoms. The Hall–Kier alpha value is -1.53. The Morgan fingerprint density at radius 3 is 1.82 bits per heavy atom. The molecule has 0 saturated heterocycles. The third-order valence-electron chi connectivity index (χ3n) is 2.97.